The highest BCUT2D eigenvalue weighted by Gasteiger charge is 2.19. The van der Waals surface area contributed by atoms with Gasteiger partial charge in [-0.3, -0.25) is 14.4 Å². The van der Waals surface area contributed by atoms with Gasteiger partial charge in [0.1, 0.15) is 13.2 Å². The fourth-order valence-electron chi connectivity index (χ4n) is 9.45. The third-order valence-corrected chi connectivity index (χ3v) is 14.3. The standard InChI is InChI=1S/C67H122O6/c1-4-7-10-13-16-19-21-23-25-27-28-29-30-31-32-33-34-35-36-37-38-39-40-41-43-44-46-48-51-54-57-60-66(69)72-63-64(62-71-65(68)59-56-53-50-18-15-12-9-6-3)73-67(70)61-58-55-52-49-47-45-42-26-24-22-20-17-14-11-8-5-2/h21,23,26-28,30-31,42,64H,4-20,22,24-25,29,32-41,43-63H2,1-3H3/b23-21-,28-27-,31-30-,42-26-. The molecule has 0 spiro atoms. The summed E-state index contributed by atoms with van der Waals surface area (Å²) in [6.07, 6.45) is 77.2. The number of carbonyl (C=O) groups excluding carboxylic acids is 3. The lowest BCUT2D eigenvalue weighted by Gasteiger charge is -2.18. The van der Waals surface area contributed by atoms with E-state index < -0.39 is 6.10 Å². The molecule has 0 aromatic carbocycles. The molecule has 0 N–H and O–H groups in total. The molecule has 0 aliphatic heterocycles. The molecule has 0 aliphatic rings. The van der Waals surface area contributed by atoms with Crippen molar-refractivity contribution in [1.82, 2.24) is 0 Å². The van der Waals surface area contributed by atoms with E-state index in [0.29, 0.717) is 19.3 Å². The van der Waals surface area contributed by atoms with Crippen molar-refractivity contribution in [3.8, 4) is 0 Å². The Hall–Kier alpha value is -2.63. The van der Waals surface area contributed by atoms with Crippen LogP contribution in [0.4, 0.5) is 0 Å². The normalized spacial score (nSPS) is 12.3. The van der Waals surface area contributed by atoms with Crippen LogP contribution in [0, 0.1) is 0 Å². The van der Waals surface area contributed by atoms with Gasteiger partial charge in [0.25, 0.3) is 0 Å². The second-order valence-corrected chi connectivity index (χ2v) is 21.7. The summed E-state index contributed by atoms with van der Waals surface area (Å²) in [5.41, 5.74) is 0. The number of hydrogen-bond donors (Lipinski definition) is 0. The van der Waals surface area contributed by atoms with Crippen molar-refractivity contribution >= 4 is 17.9 Å². The first-order valence-electron chi connectivity index (χ1n) is 32.1. The number of carbonyl (C=O) groups is 3. The van der Waals surface area contributed by atoms with Crippen LogP contribution in [0.3, 0.4) is 0 Å². The summed E-state index contributed by atoms with van der Waals surface area (Å²) in [7, 11) is 0. The van der Waals surface area contributed by atoms with E-state index in [-0.39, 0.29) is 31.1 Å². The molecule has 0 radical (unpaired) electrons. The van der Waals surface area contributed by atoms with Gasteiger partial charge >= 0.3 is 17.9 Å². The van der Waals surface area contributed by atoms with Crippen LogP contribution in [-0.4, -0.2) is 37.2 Å². The zero-order chi connectivity index (χ0) is 52.9. The van der Waals surface area contributed by atoms with Crippen molar-refractivity contribution in [2.24, 2.45) is 0 Å². The third-order valence-electron chi connectivity index (χ3n) is 14.3. The highest BCUT2D eigenvalue weighted by Crippen LogP contribution is 2.17. The summed E-state index contributed by atoms with van der Waals surface area (Å²) in [6.45, 7) is 6.63. The zero-order valence-corrected chi connectivity index (χ0v) is 48.9. The molecule has 0 aliphatic carbocycles. The zero-order valence-electron chi connectivity index (χ0n) is 48.9. The van der Waals surface area contributed by atoms with Crippen LogP contribution < -0.4 is 0 Å². The van der Waals surface area contributed by atoms with E-state index in [9.17, 15) is 14.4 Å². The van der Waals surface area contributed by atoms with E-state index in [0.717, 1.165) is 77.0 Å². The van der Waals surface area contributed by atoms with Crippen molar-refractivity contribution in [2.75, 3.05) is 13.2 Å². The minimum absolute atomic E-state index is 0.0725. The van der Waals surface area contributed by atoms with E-state index in [1.807, 2.05) is 0 Å². The second-order valence-electron chi connectivity index (χ2n) is 21.7. The van der Waals surface area contributed by atoms with Gasteiger partial charge in [-0.15, -0.1) is 0 Å². The molecular formula is C67H122O6. The molecule has 1 atom stereocenters. The Labute approximate surface area is 454 Å². The molecule has 0 aromatic heterocycles. The Morgan fingerprint density at radius 2 is 0.493 bits per heavy atom. The smallest absolute Gasteiger partial charge is 0.306 e. The Balaban J connectivity index is 4.06. The Kier molecular flexibility index (Phi) is 59.7. The highest BCUT2D eigenvalue weighted by molar-refractivity contribution is 5.71. The van der Waals surface area contributed by atoms with Crippen LogP contribution in [0.5, 0.6) is 0 Å². The average Bonchev–Trinajstić information content (AvgIpc) is 3.39. The summed E-state index contributed by atoms with van der Waals surface area (Å²) in [6, 6.07) is 0. The first-order valence-corrected chi connectivity index (χ1v) is 32.1. The van der Waals surface area contributed by atoms with E-state index in [1.165, 1.54) is 225 Å². The van der Waals surface area contributed by atoms with Crippen molar-refractivity contribution in [3.05, 3.63) is 48.6 Å². The number of allylic oxidation sites excluding steroid dienone is 8. The lowest BCUT2D eigenvalue weighted by Crippen LogP contribution is -2.30. The van der Waals surface area contributed by atoms with E-state index in [1.54, 1.807) is 0 Å². The van der Waals surface area contributed by atoms with E-state index >= 15 is 0 Å². The maximum atomic E-state index is 12.8. The van der Waals surface area contributed by atoms with Crippen LogP contribution >= 0.6 is 0 Å². The van der Waals surface area contributed by atoms with Gasteiger partial charge in [0, 0.05) is 19.3 Å². The predicted molar refractivity (Wildman–Crippen MR) is 316 cm³/mol. The lowest BCUT2D eigenvalue weighted by molar-refractivity contribution is -0.167. The third kappa shape index (κ3) is 60.1. The van der Waals surface area contributed by atoms with Crippen LogP contribution in [0.25, 0.3) is 0 Å². The summed E-state index contributed by atoms with van der Waals surface area (Å²) in [5.74, 6) is -0.868. The number of rotatable bonds is 59. The number of unbranched alkanes of at least 4 members (excludes halogenated alkanes) is 40. The van der Waals surface area contributed by atoms with Crippen molar-refractivity contribution in [2.45, 2.75) is 348 Å². The maximum Gasteiger partial charge on any atom is 0.306 e. The fourth-order valence-corrected chi connectivity index (χ4v) is 9.45. The van der Waals surface area contributed by atoms with Gasteiger partial charge in [-0.25, -0.2) is 0 Å². The lowest BCUT2D eigenvalue weighted by atomic mass is 10.0. The summed E-state index contributed by atoms with van der Waals surface area (Å²) < 4.78 is 16.8. The molecule has 0 heterocycles. The van der Waals surface area contributed by atoms with Gasteiger partial charge in [-0.1, -0.05) is 288 Å². The molecule has 73 heavy (non-hydrogen) atoms. The van der Waals surface area contributed by atoms with Crippen LogP contribution in [0.1, 0.15) is 342 Å². The fraction of sp³-hybridized carbons (Fsp3) is 0.836. The van der Waals surface area contributed by atoms with Gasteiger partial charge in [0.05, 0.1) is 0 Å². The van der Waals surface area contributed by atoms with Gasteiger partial charge in [0.2, 0.25) is 0 Å². The first kappa shape index (κ1) is 70.4. The molecule has 6 nitrogen and oxygen atoms in total. The molecule has 0 rings (SSSR count). The van der Waals surface area contributed by atoms with Gasteiger partial charge < -0.3 is 14.2 Å². The summed E-state index contributed by atoms with van der Waals surface area (Å²) >= 11 is 0. The summed E-state index contributed by atoms with van der Waals surface area (Å²) in [5, 5.41) is 0. The Bertz CT molecular complexity index is 1270. The molecular weight excluding hydrogens is 901 g/mol. The molecule has 0 saturated heterocycles. The first-order chi connectivity index (χ1) is 36.0. The monoisotopic (exact) mass is 1020 g/mol. The molecule has 0 bridgehead atoms. The Morgan fingerprint density at radius 3 is 0.781 bits per heavy atom. The van der Waals surface area contributed by atoms with Crippen LogP contribution in [0.15, 0.2) is 48.6 Å². The van der Waals surface area contributed by atoms with Gasteiger partial charge in [0.15, 0.2) is 6.10 Å². The molecule has 426 valence electrons. The summed E-state index contributed by atoms with van der Waals surface area (Å²) in [4.78, 5) is 38.1. The van der Waals surface area contributed by atoms with Crippen LogP contribution in [-0.2, 0) is 28.6 Å². The maximum absolute atomic E-state index is 12.8. The molecule has 6 heteroatoms. The van der Waals surface area contributed by atoms with E-state index in [2.05, 4.69) is 69.4 Å². The van der Waals surface area contributed by atoms with Gasteiger partial charge in [-0.2, -0.15) is 0 Å². The second kappa shape index (κ2) is 61.9. The quantitative estimate of drug-likeness (QED) is 0.0261. The topological polar surface area (TPSA) is 78.9 Å². The molecule has 0 aromatic rings. The predicted octanol–water partition coefficient (Wildman–Crippen LogP) is 21.8. The molecule has 0 amide bonds. The Morgan fingerprint density at radius 1 is 0.274 bits per heavy atom. The van der Waals surface area contributed by atoms with Crippen molar-refractivity contribution in [1.29, 1.82) is 0 Å². The van der Waals surface area contributed by atoms with Crippen LogP contribution in [0.2, 0.25) is 0 Å². The number of hydrogen-bond acceptors (Lipinski definition) is 6. The largest absolute Gasteiger partial charge is 0.462 e. The van der Waals surface area contributed by atoms with Crippen molar-refractivity contribution in [3.63, 3.8) is 0 Å². The number of ether oxygens (including phenoxy) is 3. The minimum Gasteiger partial charge on any atom is -0.462 e. The molecule has 0 saturated carbocycles. The molecule has 0 fully saturated rings. The molecule has 1 unspecified atom stereocenters. The van der Waals surface area contributed by atoms with E-state index in [4.69, 9.17) is 14.2 Å². The van der Waals surface area contributed by atoms with Gasteiger partial charge in [-0.05, 0) is 83.5 Å². The minimum atomic E-state index is -0.773. The SMILES string of the molecule is CCCCCCC/C=C\C/C=C\C/C=C\CCCCCCCCCCCCCCCCCCC(=O)OCC(COC(=O)CCCCCCCCCC)OC(=O)CCCCCCC/C=C\CCCCCCCCC. The highest BCUT2D eigenvalue weighted by atomic mass is 16.6. The number of esters is 3. The van der Waals surface area contributed by atoms with Crippen molar-refractivity contribution < 1.29 is 28.6 Å². The average molecular weight is 1020 g/mol.